The number of hydrogen-bond acceptors (Lipinski definition) is 4. The summed E-state index contributed by atoms with van der Waals surface area (Å²) in [4.78, 5) is 21.5. The Balaban J connectivity index is 1.38. The van der Waals surface area contributed by atoms with Crippen LogP contribution in [0.1, 0.15) is 139 Å². The number of carbonyl (C=O) groups excluding carboxylic acids is 1. The first-order valence-electron chi connectivity index (χ1n) is 15.4. The van der Waals surface area contributed by atoms with Gasteiger partial charge in [-0.1, -0.05) is 97.0 Å². The molecule has 0 N–H and O–H groups in total. The quantitative estimate of drug-likeness (QED) is 0.153. The third-order valence-electron chi connectivity index (χ3n) is 8.00. The molecule has 0 bridgehead atoms. The fourth-order valence-electron chi connectivity index (χ4n) is 5.53. The van der Waals surface area contributed by atoms with Gasteiger partial charge in [-0.15, -0.1) is 0 Å². The summed E-state index contributed by atoms with van der Waals surface area (Å²) >= 11 is 0. The number of aromatic nitrogens is 2. The fraction of sp³-hybridized carbons (Fsp3) is 0.667. The molecule has 3 rings (SSSR count). The normalized spacial score (nSPS) is 17.4. The number of rotatable bonds is 17. The van der Waals surface area contributed by atoms with Gasteiger partial charge in [0.2, 0.25) is 0 Å². The van der Waals surface area contributed by atoms with Crippen molar-refractivity contribution in [2.75, 3.05) is 0 Å². The molecule has 0 aliphatic heterocycles. The fourth-order valence-corrected chi connectivity index (χ4v) is 5.53. The molecule has 0 unspecified atom stereocenters. The van der Waals surface area contributed by atoms with E-state index in [-0.39, 0.29) is 11.7 Å². The molecule has 0 radical (unpaired) electrons. The molecule has 210 valence electrons. The van der Waals surface area contributed by atoms with E-state index in [4.69, 9.17) is 4.74 Å². The number of halogens is 1. The van der Waals surface area contributed by atoms with Gasteiger partial charge < -0.3 is 4.74 Å². The molecule has 1 aromatic carbocycles. The Kier molecular flexibility index (Phi) is 13.8. The van der Waals surface area contributed by atoms with Crippen LogP contribution in [-0.2, 0) is 11.2 Å². The number of ether oxygens (including phenoxy) is 1. The lowest BCUT2D eigenvalue weighted by atomic mass is 9.84. The van der Waals surface area contributed by atoms with Gasteiger partial charge in [-0.05, 0) is 62.1 Å². The van der Waals surface area contributed by atoms with Crippen LogP contribution < -0.4 is 0 Å². The van der Waals surface area contributed by atoms with Crippen LogP contribution in [0.5, 0.6) is 0 Å². The Labute approximate surface area is 230 Å². The van der Waals surface area contributed by atoms with Gasteiger partial charge in [0, 0.05) is 18.0 Å². The highest BCUT2D eigenvalue weighted by molar-refractivity contribution is 5.90. The zero-order valence-corrected chi connectivity index (χ0v) is 23.9. The minimum atomic E-state index is -0.580. The summed E-state index contributed by atoms with van der Waals surface area (Å²) in [6, 6.07) is 4.55. The van der Waals surface area contributed by atoms with Gasteiger partial charge in [0.15, 0.2) is 5.82 Å². The van der Waals surface area contributed by atoms with Crippen LogP contribution in [0.4, 0.5) is 4.39 Å². The Hall–Kier alpha value is -2.30. The summed E-state index contributed by atoms with van der Waals surface area (Å²) in [7, 11) is 0. The van der Waals surface area contributed by atoms with Gasteiger partial charge in [0.05, 0.1) is 5.56 Å². The van der Waals surface area contributed by atoms with E-state index in [0.717, 1.165) is 50.0 Å². The number of unbranched alkanes of at least 4 members (excludes halogenated alkanes) is 10. The van der Waals surface area contributed by atoms with Gasteiger partial charge in [-0.25, -0.2) is 19.2 Å². The van der Waals surface area contributed by atoms with Crippen molar-refractivity contribution >= 4 is 5.97 Å². The molecule has 5 heteroatoms. The summed E-state index contributed by atoms with van der Waals surface area (Å²) in [6.07, 6.45) is 25.4. The molecular weight excluding hydrogens is 475 g/mol. The summed E-state index contributed by atoms with van der Waals surface area (Å²) < 4.78 is 20.6. The van der Waals surface area contributed by atoms with E-state index < -0.39 is 11.8 Å². The van der Waals surface area contributed by atoms with Crippen LogP contribution in [0.25, 0.3) is 11.4 Å². The molecule has 0 atom stereocenters. The first-order valence-corrected chi connectivity index (χ1v) is 15.4. The van der Waals surface area contributed by atoms with Gasteiger partial charge in [-0.2, -0.15) is 0 Å². The van der Waals surface area contributed by atoms with Crippen molar-refractivity contribution in [3.8, 4) is 11.4 Å². The molecule has 0 spiro atoms. The molecule has 1 heterocycles. The second-order valence-electron chi connectivity index (χ2n) is 11.2. The number of benzene rings is 1. The maximum Gasteiger partial charge on any atom is 0.341 e. The van der Waals surface area contributed by atoms with E-state index in [1.807, 2.05) is 12.4 Å². The zero-order chi connectivity index (χ0) is 27.0. The molecule has 4 nitrogen and oxygen atoms in total. The highest BCUT2D eigenvalue weighted by Gasteiger charge is 2.25. The van der Waals surface area contributed by atoms with Crippen molar-refractivity contribution in [1.29, 1.82) is 0 Å². The Morgan fingerprint density at radius 3 is 2.08 bits per heavy atom. The van der Waals surface area contributed by atoms with Crippen LogP contribution >= 0.6 is 0 Å². The third-order valence-corrected chi connectivity index (χ3v) is 8.00. The Morgan fingerprint density at radius 1 is 0.842 bits per heavy atom. The molecule has 1 aliphatic rings. The van der Waals surface area contributed by atoms with E-state index in [1.54, 1.807) is 6.07 Å². The topological polar surface area (TPSA) is 52.1 Å². The lowest BCUT2D eigenvalue weighted by Crippen LogP contribution is -2.25. The number of hydrogen-bond donors (Lipinski definition) is 0. The van der Waals surface area contributed by atoms with Crippen LogP contribution in [-0.4, -0.2) is 22.0 Å². The van der Waals surface area contributed by atoms with E-state index in [2.05, 4.69) is 23.8 Å². The van der Waals surface area contributed by atoms with E-state index in [1.165, 1.54) is 89.2 Å². The number of carbonyl (C=O) groups is 1. The van der Waals surface area contributed by atoms with Gasteiger partial charge in [0.1, 0.15) is 11.9 Å². The SMILES string of the molecule is CCCCCCCCCCC1CCC(OC(=O)c2ccc(-c3ncc(CCCCCC)cn3)cc2F)CC1. The predicted octanol–water partition coefficient (Wildman–Crippen LogP) is 9.65. The van der Waals surface area contributed by atoms with Gasteiger partial charge in [-0.3, -0.25) is 0 Å². The smallest absolute Gasteiger partial charge is 0.341 e. The lowest BCUT2D eigenvalue weighted by Gasteiger charge is -2.28. The number of aryl methyl sites for hydroxylation is 1. The van der Waals surface area contributed by atoms with Gasteiger partial charge >= 0.3 is 5.97 Å². The molecule has 0 saturated heterocycles. The molecule has 1 fully saturated rings. The van der Waals surface area contributed by atoms with E-state index in [0.29, 0.717) is 11.4 Å². The Morgan fingerprint density at radius 2 is 1.45 bits per heavy atom. The van der Waals surface area contributed by atoms with Crippen LogP contribution in [0.2, 0.25) is 0 Å². The van der Waals surface area contributed by atoms with Crippen molar-refractivity contribution in [3.05, 3.63) is 47.5 Å². The first-order chi connectivity index (χ1) is 18.6. The van der Waals surface area contributed by atoms with Crippen molar-refractivity contribution < 1.29 is 13.9 Å². The average molecular weight is 525 g/mol. The summed E-state index contributed by atoms with van der Waals surface area (Å²) in [5.74, 6) is 0.0618. The number of nitrogens with zero attached hydrogens (tertiary/aromatic N) is 2. The zero-order valence-electron chi connectivity index (χ0n) is 23.9. The molecule has 1 saturated carbocycles. The highest BCUT2D eigenvalue weighted by Crippen LogP contribution is 2.31. The second kappa shape index (κ2) is 17.3. The average Bonchev–Trinajstić information content (AvgIpc) is 2.93. The second-order valence-corrected chi connectivity index (χ2v) is 11.2. The van der Waals surface area contributed by atoms with E-state index >= 15 is 0 Å². The molecule has 1 aliphatic carbocycles. The molecular formula is C33H49FN2O2. The Bertz CT molecular complexity index is 939. The minimum Gasteiger partial charge on any atom is -0.459 e. The first kappa shape index (κ1) is 30.2. The molecule has 0 amide bonds. The summed E-state index contributed by atoms with van der Waals surface area (Å²) in [5, 5.41) is 0. The van der Waals surface area contributed by atoms with Crippen molar-refractivity contribution in [3.63, 3.8) is 0 Å². The molecule has 2 aromatic rings. The summed E-state index contributed by atoms with van der Waals surface area (Å²) in [5.41, 5.74) is 1.65. The highest BCUT2D eigenvalue weighted by atomic mass is 19.1. The predicted molar refractivity (Wildman–Crippen MR) is 154 cm³/mol. The van der Waals surface area contributed by atoms with Crippen LogP contribution in [0.15, 0.2) is 30.6 Å². The standard InChI is InChI=1S/C33H49FN2O2/c1-3-5-7-9-10-11-12-14-15-26-17-20-29(21-18-26)38-33(37)30-22-19-28(23-31(30)34)32-35-24-27(25-36-32)16-13-8-6-4-2/h19,22-26,29H,3-18,20-21H2,1-2H3. The molecule has 38 heavy (non-hydrogen) atoms. The minimum absolute atomic E-state index is 0.0117. The molecule has 1 aromatic heterocycles. The lowest BCUT2D eigenvalue weighted by molar-refractivity contribution is 0.0156. The van der Waals surface area contributed by atoms with Crippen LogP contribution in [0, 0.1) is 11.7 Å². The van der Waals surface area contributed by atoms with Crippen molar-refractivity contribution in [1.82, 2.24) is 9.97 Å². The van der Waals surface area contributed by atoms with Gasteiger partial charge in [0.25, 0.3) is 0 Å². The summed E-state index contributed by atoms with van der Waals surface area (Å²) in [6.45, 7) is 4.46. The van der Waals surface area contributed by atoms with Crippen LogP contribution in [0.3, 0.4) is 0 Å². The number of esters is 1. The third kappa shape index (κ3) is 10.5. The van der Waals surface area contributed by atoms with Crippen molar-refractivity contribution in [2.24, 2.45) is 5.92 Å². The largest absolute Gasteiger partial charge is 0.459 e. The van der Waals surface area contributed by atoms with Crippen molar-refractivity contribution in [2.45, 2.75) is 136 Å². The maximum absolute atomic E-state index is 14.9. The van der Waals surface area contributed by atoms with E-state index in [9.17, 15) is 9.18 Å². The maximum atomic E-state index is 14.9. The monoisotopic (exact) mass is 524 g/mol.